The average molecular weight is 318 g/mol. The molecule has 0 saturated heterocycles. The van der Waals surface area contributed by atoms with Crippen molar-refractivity contribution < 1.29 is 4.92 Å². The molecule has 0 spiro atoms. The molecule has 0 saturated carbocycles. The van der Waals surface area contributed by atoms with E-state index in [2.05, 4.69) is 10.3 Å². The Labute approximate surface area is 123 Å². The summed E-state index contributed by atoms with van der Waals surface area (Å²) in [5, 5.41) is 15.3. The summed E-state index contributed by atoms with van der Waals surface area (Å²) in [6, 6.07) is 5.32. The van der Waals surface area contributed by atoms with E-state index < -0.39 is 4.92 Å². The minimum absolute atomic E-state index is 0.0204. The Balaban J connectivity index is 1.90. The van der Waals surface area contributed by atoms with Gasteiger partial charge < -0.3 is 5.32 Å². The van der Waals surface area contributed by atoms with Crippen LogP contribution in [0.1, 0.15) is 5.56 Å². The first kappa shape index (κ1) is 14.0. The van der Waals surface area contributed by atoms with Crippen LogP contribution in [0, 0.1) is 10.1 Å². The molecule has 0 unspecified atom stereocenters. The van der Waals surface area contributed by atoms with E-state index in [0.29, 0.717) is 28.1 Å². The highest BCUT2D eigenvalue weighted by Crippen LogP contribution is 2.25. The fraction of sp³-hybridized carbons (Fsp3) is 0.182. The first-order valence-electron chi connectivity index (χ1n) is 5.34. The van der Waals surface area contributed by atoms with Crippen LogP contribution in [0.4, 0.5) is 10.1 Å². The minimum Gasteiger partial charge on any atom is -0.361 e. The van der Waals surface area contributed by atoms with Gasteiger partial charge in [-0.3, -0.25) is 10.1 Å². The smallest absolute Gasteiger partial charge is 0.345 e. The monoisotopic (exact) mass is 317 g/mol. The summed E-state index contributed by atoms with van der Waals surface area (Å²) in [6.07, 6.45) is 1.92. The van der Waals surface area contributed by atoms with Gasteiger partial charge in [0.1, 0.15) is 6.20 Å². The Morgan fingerprint density at radius 2 is 2.21 bits per heavy atom. The van der Waals surface area contributed by atoms with E-state index in [9.17, 15) is 10.1 Å². The minimum atomic E-state index is -0.459. The van der Waals surface area contributed by atoms with Crippen molar-refractivity contribution in [1.29, 1.82) is 0 Å². The first-order chi connectivity index (χ1) is 9.06. The second-order valence-corrected chi connectivity index (χ2v) is 5.53. The molecule has 1 aromatic heterocycles. The molecule has 0 amide bonds. The molecule has 1 N–H and O–H groups in total. The highest BCUT2D eigenvalue weighted by Gasteiger charge is 2.10. The van der Waals surface area contributed by atoms with Crippen molar-refractivity contribution in [2.75, 3.05) is 11.9 Å². The van der Waals surface area contributed by atoms with Gasteiger partial charge in [0.2, 0.25) is 0 Å². The van der Waals surface area contributed by atoms with Crippen LogP contribution in [0.3, 0.4) is 0 Å². The van der Waals surface area contributed by atoms with Crippen LogP contribution in [0.5, 0.6) is 0 Å². The van der Waals surface area contributed by atoms with E-state index in [1.54, 1.807) is 12.1 Å². The zero-order chi connectivity index (χ0) is 13.8. The summed E-state index contributed by atoms with van der Waals surface area (Å²) in [5.74, 6) is 0. The fourth-order valence-electron chi connectivity index (χ4n) is 1.46. The first-order valence-corrected chi connectivity index (χ1v) is 6.91. The quantitative estimate of drug-likeness (QED) is 0.668. The van der Waals surface area contributed by atoms with E-state index in [-0.39, 0.29) is 5.00 Å². The Hall–Kier alpha value is -1.37. The van der Waals surface area contributed by atoms with Crippen LogP contribution in [0.15, 0.2) is 24.4 Å². The summed E-state index contributed by atoms with van der Waals surface area (Å²) in [5.41, 5.74) is 0.963. The van der Waals surface area contributed by atoms with Crippen LogP contribution >= 0.6 is 34.5 Å². The molecule has 100 valence electrons. The largest absolute Gasteiger partial charge is 0.361 e. The zero-order valence-electron chi connectivity index (χ0n) is 9.60. The van der Waals surface area contributed by atoms with Gasteiger partial charge in [-0.2, -0.15) is 0 Å². The van der Waals surface area contributed by atoms with Crippen LogP contribution in [0.2, 0.25) is 10.0 Å². The maximum Gasteiger partial charge on any atom is 0.345 e. The summed E-state index contributed by atoms with van der Waals surface area (Å²) >= 11 is 12.9. The lowest BCUT2D eigenvalue weighted by molar-refractivity contribution is -0.380. The number of nitro groups is 1. The lowest BCUT2D eigenvalue weighted by atomic mass is 10.1. The number of nitrogens with zero attached hydrogens (tertiary/aromatic N) is 2. The van der Waals surface area contributed by atoms with Crippen LogP contribution in [-0.4, -0.2) is 16.5 Å². The van der Waals surface area contributed by atoms with Gasteiger partial charge in [0.05, 0.1) is 4.92 Å². The third kappa shape index (κ3) is 3.79. The number of anilines is 1. The van der Waals surface area contributed by atoms with E-state index in [1.165, 1.54) is 6.20 Å². The number of hydrogen-bond acceptors (Lipinski definition) is 5. The number of thiazole rings is 1. The standard InChI is InChI=1S/C11H9Cl2N3O2S/c12-8-2-1-7(9(13)5-8)3-4-14-11-15-6-10(19-11)16(17)18/h1-2,5-6H,3-4H2,(H,14,15). The van der Waals surface area contributed by atoms with E-state index in [0.717, 1.165) is 16.9 Å². The van der Waals surface area contributed by atoms with Gasteiger partial charge in [-0.15, -0.1) is 0 Å². The van der Waals surface area contributed by atoms with Crippen LogP contribution < -0.4 is 5.32 Å². The Bertz CT molecular complexity index is 603. The molecule has 1 aromatic carbocycles. The van der Waals surface area contributed by atoms with E-state index in [1.807, 2.05) is 6.07 Å². The molecule has 0 atom stereocenters. The number of aromatic nitrogens is 1. The summed E-state index contributed by atoms with van der Waals surface area (Å²) in [6.45, 7) is 0.589. The molecular formula is C11H9Cl2N3O2S. The third-order valence-corrected chi connectivity index (χ3v) is 3.85. The van der Waals surface area contributed by atoms with E-state index in [4.69, 9.17) is 23.2 Å². The molecule has 2 aromatic rings. The molecule has 0 aliphatic heterocycles. The SMILES string of the molecule is O=[N+]([O-])c1cnc(NCCc2ccc(Cl)cc2Cl)s1. The maximum absolute atomic E-state index is 10.5. The van der Waals surface area contributed by atoms with Crippen molar-refractivity contribution in [1.82, 2.24) is 4.98 Å². The van der Waals surface area contributed by atoms with Crippen molar-refractivity contribution in [2.45, 2.75) is 6.42 Å². The van der Waals surface area contributed by atoms with Gasteiger partial charge in [0.25, 0.3) is 0 Å². The zero-order valence-corrected chi connectivity index (χ0v) is 11.9. The van der Waals surface area contributed by atoms with Crippen LogP contribution in [0.25, 0.3) is 0 Å². The van der Waals surface area contributed by atoms with Crippen molar-refractivity contribution in [3.05, 3.63) is 50.1 Å². The van der Waals surface area contributed by atoms with Gasteiger partial charge >= 0.3 is 5.00 Å². The molecule has 0 bridgehead atoms. The van der Waals surface area contributed by atoms with Gasteiger partial charge in [0.15, 0.2) is 5.13 Å². The van der Waals surface area contributed by atoms with Gasteiger partial charge in [0, 0.05) is 16.6 Å². The molecule has 8 heteroatoms. The second kappa shape index (κ2) is 6.18. The topological polar surface area (TPSA) is 68.1 Å². The Morgan fingerprint density at radius 3 is 2.84 bits per heavy atom. The van der Waals surface area contributed by atoms with Crippen molar-refractivity contribution in [3.63, 3.8) is 0 Å². The van der Waals surface area contributed by atoms with Crippen LogP contribution in [-0.2, 0) is 6.42 Å². The summed E-state index contributed by atoms with van der Waals surface area (Å²) in [7, 11) is 0. The van der Waals surface area contributed by atoms with Crippen molar-refractivity contribution >= 4 is 44.7 Å². The molecule has 1 heterocycles. The van der Waals surface area contributed by atoms with E-state index >= 15 is 0 Å². The normalized spacial score (nSPS) is 10.4. The molecular weight excluding hydrogens is 309 g/mol. The molecule has 2 rings (SSSR count). The lowest BCUT2D eigenvalue weighted by Gasteiger charge is -2.05. The van der Waals surface area contributed by atoms with Gasteiger partial charge in [-0.1, -0.05) is 29.3 Å². The highest BCUT2D eigenvalue weighted by atomic mass is 35.5. The molecule has 19 heavy (non-hydrogen) atoms. The second-order valence-electron chi connectivity index (χ2n) is 3.67. The average Bonchev–Trinajstić information content (AvgIpc) is 2.81. The number of benzene rings is 1. The molecule has 0 fully saturated rings. The summed E-state index contributed by atoms with van der Waals surface area (Å²) < 4.78 is 0. The number of hydrogen-bond donors (Lipinski definition) is 1. The molecule has 0 aliphatic rings. The van der Waals surface area contributed by atoms with Crippen molar-refractivity contribution in [3.8, 4) is 0 Å². The molecule has 0 aliphatic carbocycles. The summed E-state index contributed by atoms with van der Waals surface area (Å²) in [4.78, 5) is 14.0. The lowest BCUT2D eigenvalue weighted by Crippen LogP contribution is -2.04. The maximum atomic E-state index is 10.5. The number of rotatable bonds is 5. The number of halogens is 2. The predicted octanol–water partition coefficient (Wildman–Crippen LogP) is 4.01. The fourth-order valence-corrected chi connectivity index (χ4v) is 2.62. The predicted molar refractivity (Wildman–Crippen MR) is 77.4 cm³/mol. The third-order valence-electron chi connectivity index (χ3n) is 2.36. The molecule has 5 nitrogen and oxygen atoms in total. The van der Waals surface area contributed by atoms with Crippen molar-refractivity contribution in [2.24, 2.45) is 0 Å². The van der Waals surface area contributed by atoms with Gasteiger partial charge in [-0.05, 0) is 35.5 Å². The number of nitrogens with one attached hydrogen (secondary N) is 1. The van der Waals surface area contributed by atoms with Gasteiger partial charge in [-0.25, -0.2) is 4.98 Å². The molecule has 0 radical (unpaired) electrons. The Morgan fingerprint density at radius 1 is 1.42 bits per heavy atom. The Kier molecular flexibility index (Phi) is 4.57. The highest BCUT2D eigenvalue weighted by molar-refractivity contribution is 7.18.